The fourth-order valence-electron chi connectivity index (χ4n) is 4.14. The number of guanidine groups is 1. The molecule has 2 atom stereocenters. The van der Waals surface area contributed by atoms with E-state index in [0.717, 1.165) is 31.2 Å². The molecule has 6 nitrogen and oxygen atoms in total. The molecule has 0 spiro atoms. The number of hydrogen-bond donors (Lipinski definition) is 2. The first-order chi connectivity index (χ1) is 13.5. The number of unbranched alkanes of at least 4 members (excludes halogenated alkanes) is 1. The van der Waals surface area contributed by atoms with Gasteiger partial charge in [0.15, 0.2) is 5.96 Å². The van der Waals surface area contributed by atoms with Gasteiger partial charge >= 0.3 is 0 Å². The zero-order valence-corrected chi connectivity index (χ0v) is 21.8. The van der Waals surface area contributed by atoms with Crippen LogP contribution >= 0.6 is 24.0 Å². The number of hydrogen-bond acceptors (Lipinski definition) is 3. The van der Waals surface area contributed by atoms with Gasteiger partial charge in [0, 0.05) is 31.4 Å². The first-order valence-corrected chi connectivity index (χ1v) is 11.2. The van der Waals surface area contributed by atoms with E-state index in [1.54, 1.807) is 0 Å². The second-order valence-corrected chi connectivity index (χ2v) is 8.28. The number of likely N-dealkylation sites (tertiary alicyclic amines) is 1. The number of aliphatic imine (C=N–C) groups is 1. The molecule has 7 heteroatoms. The molecule has 0 saturated carbocycles. The molecule has 1 aliphatic rings. The standard InChI is InChI=1S/C22H42N6.HI/c1-7-9-13-28-14-11-10-12-20(28)16-24-22(23-8-2)25-17(3)15-21-18(4)26-27(6)19(21)5;/h17,20H,7-16H2,1-6H3,(H2,23,24,25);1H. The first kappa shape index (κ1) is 26.2. The maximum atomic E-state index is 4.96. The van der Waals surface area contributed by atoms with Gasteiger partial charge in [0.25, 0.3) is 0 Å². The summed E-state index contributed by atoms with van der Waals surface area (Å²) in [5.74, 6) is 0.940. The van der Waals surface area contributed by atoms with Crippen LogP contribution in [-0.4, -0.2) is 58.9 Å². The SMILES string of the molecule is CCCCN1CCCCC1CN=C(NCC)NC(C)Cc1c(C)nn(C)c1C.I. The monoisotopic (exact) mass is 518 g/mol. The predicted molar refractivity (Wildman–Crippen MR) is 134 cm³/mol. The third-order valence-corrected chi connectivity index (χ3v) is 5.90. The van der Waals surface area contributed by atoms with Crippen molar-refractivity contribution in [2.75, 3.05) is 26.2 Å². The van der Waals surface area contributed by atoms with Crippen LogP contribution in [0.5, 0.6) is 0 Å². The summed E-state index contributed by atoms with van der Waals surface area (Å²) in [5, 5.41) is 11.6. The summed E-state index contributed by atoms with van der Waals surface area (Å²) in [4.78, 5) is 7.62. The van der Waals surface area contributed by atoms with Crippen LogP contribution in [0.1, 0.15) is 69.8 Å². The second-order valence-electron chi connectivity index (χ2n) is 8.28. The van der Waals surface area contributed by atoms with Crippen LogP contribution < -0.4 is 10.6 Å². The second kappa shape index (κ2) is 13.5. The highest BCUT2D eigenvalue weighted by Gasteiger charge is 2.22. The van der Waals surface area contributed by atoms with E-state index in [0.29, 0.717) is 12.1 Å². The number of nitrogens with zero attached hydrogens (tertiary/aromatic N) is 4. The fraction of sp³-hybridized carbons (Fsp3) is 0.818. The number of piperidine rings is 1. The van der Waals surface area contributed by atoms with Crippen molar-refractivity contribution < 1.29 is 0 Å². The Balaban J connectivity index is 0.00000420. The fourth-order valence-corrected chi connectivity index (χ4v) is 4.14. The predicted octanol–water partition coefficient (Wildman–Crippen LogP) is 3.80. The summed E-state index contributed by atoms with van der Waals surface area (Å²) in [6.45, 7) is 15.1. The van der Waals surface area contributed by atoms with Crippen molar-refractivity contribution >= 4 is 29.9 Å². The quantitative estimate of drug-likeness (QED) is 0.297. The Morgan fingerprint density at radius 2 is 2.03 bits per heavy atom. The van der Waals surface area contributed by atoms with E-state index in [4.69, 9.17) is 4.99 Å². The van der Waals surface area contributed by atoms with E-state index < -0.39 is 0 Å². The highest BCUT2D eigenvalue weighted by atomic mass is 127. The lowest BCUT2D eigenvalue weighted by atomic mass is 10.0. The van der Waals surface area contributed by atoms with Crippen LogP contribution in [0.2, 0.25) is 0 Å². The molecular formula is C22H43IN6. The summed E-state index contributed by atoms with van der Waals surface area (Å²) >= 11 is 0. The Kier molecular flexibility index (Phi) is 12.2. The van der Waals surface area contributed by atoms with Crippen molar-refractivity contribution in [2.45, 2.75) is 85.2 Å². The zero-order chi connectivity index (χ0) is 20.5. The third kappa shape index (κ3) is 8.07. The van der Waals surface area contributed by atoms with Crippen LogP contribution in [0.15, 0.2) is 4.99 Å². The maximum absolute atomic E-state index is 4.96. The first-order valence-electron chi connectivity index (χ1n) is 11.2. The molecule has 0 radical (unpaired) electrons. The van der Waals surface area contributed by atoms with E-state index >= 15 is 0 Å². The minimum atomic E-state index is 0. The Hall–Kier alpha value is -0.830. The van der Waals surface area contributed by atoms with E-state index in [2.05, 4.69) is 55.3 Å². The van der Waals surface area contributed by atoms with Gasteiger partial charge < -0.3 is 10.6 Å². The molecule has 0 aliphatic carbocycles. The molecule has 2 unspecified atom stereocenters. The molecule has 0 bridgehead atoms. The number of rotatable bonds is 9. The van der Waals surface area contributed by atoms with Crippen molar-refractivity contribution in [3.63, 3.8) is 0 Å². The van der Waals surface area contributed by atoms with Crippen LogP contribution in [0, 0.1) is 13.8 Å². The van der Waals surface area contributed by atoms with E-state index in [-0.39, 0.29) is 24.0 Å². The summed E-state index contributed by atoms with van der Waals surface area (Å²) in [5.41, 5.74) is 3.72. The zero-order valence-electron chi connectivity index (χ0n) is 19.4. The highest BCUT2D eigenvalue weighted by Crippen LogP contribution is 2.18. The molecule has 1 saturated heterocycles. The van der Waals surface area contributed by atoms with Gasteiger partial charge in [-0.2, -0.15) is 5.10 Å². The molecule has 29 heavy (non-hydrogen) atoms. The Morgan fingerprint density at radius 1 is 1.28 bits per heavy atom. The third-order valence-electron chi connectivity index (χ3n) is 5.90. The Morgan fingerprint density at radius 3 is 2.66 bits per heavy atom. The van der Waals surface area contributed by atoms with Crippen LogP contribution in [0.4, 0.5) is 0 Å². The Labute approximate surface area is 195 Å². The minimum Gasteiger partial charge on any atom is -0.357 e. The topological polar surface area (TPSA) is 57.5 Å². The number of halogens is 1. The van der Waals surface area contributed by atoms with Crippen LogP contribution in [0.25, 0.3) is 0 Å². The molecule has 1 fully saturated rings. The van der Waals surface area contributed by atoms with E-state index in [9.17, 15) is 0 Å². The molecule has 1 aliphatic heterocycles. The van der Waals surface area contributed by atoms with Crippen LogP contribution in [-0.2, 0) is 13.5 Å². The maximum Gasteiger partial charge on any atom is 0.191 e. The Bertz CT molecular complexity index is 627. The molecule has 168 valence electrons. The highest BCUT2D eigenvalue weighted by molar-refractivity contribution is 14.0. The average Bonchev–Trinajstić information content (AvgIpc) is 2.91. The molecule has 2 rings (SSSR count). The van der Waals surface area contributed by atoms with Gasteiger partial charge in [-0.25, -0.2) is 0 Å². The van der Waals surface area contributed by atoms with Crippen molar-refractivity contribution in [3.05, 3.63) is 17.0 Å². The summed E-state index contributed by atoms with van der Waals surface area (Å²) < 4.78 is 1.98. The normalized spacial score (nSPS) is 19.0. The van der Waals surface area contributed by atoms with Gasteiger partial charge in [-0.05, 0) is 72.0 Å². The van der Waals surface area contributed by atoms with Crippen molar-refractivity contribution in [1.29, 1.82) is 0 Å². The largest absolute Gasteiger partial charge is 0.357 e. The molecule has 2 N–H and O–H groups in total. The van der Waals surface area contributed by atoms with Crippen molar-refractivity contribution in [2.24, 2.45) is 12.0 Å². The van der Waals surface area contributed by atoms with Gasteiger partial charge in [0.1, 0.15) is 0 Å². The lowest BCUT2D eigenvalue weighted by Gasteiger charge is -2.35. The molecule has 1 aromatic rings. The van der Waals surface area contributed by atoms with Crippen LogP contribution in [0.3, 0.4) is 0 Å². The van der Waals surface area contributed by atoms with Gasteiger partial charge in [0.2, 0.25) is 0 Å². The lowest BCUT2D eigenvalue weighted by molar-refractivity contribution is 0.151. The average molecular weight is 519 g/mol. The molecule has 0 amide bonds. The number of nitrogens with one attached hydrogen (secondary N) is 2. The molecular weight excluding hydrogens is 475 g/mol. The van der Waals surface area contributed by atoms with E-state index in [1.807, 2.05) is 11.7 Å². The van der Waals surface area contributed by atoms with Gasteiger partial charge in [-0.3, -0.25) is 14.6 Å². The summed E-state index contributed by atoms with van der Waals surface area (Å²) in [6, 6.07) is 0.899. The molecule has 0 aromatic carbocycles. The number of aryl methyl sites for hydroxylation is 2. The van der Waals surface area contributed by atoms with Gasteiger partial charge in [-0.1, -0.05) is 19.8 Å². The van der Waals surface area contributed by atoms with Crippen molar-refractivity contribution in [3.8, 4) is 0 Å². The van der Waals surface area contributed by atoms with Crippen molar-refractivity contribution in [1.82, 2.24) is 25.3 Å². The number of aromatic nitrogens is 2. The summed E-state index contributed by atoms with van der Waals surface area (Å²) in [7, 11) is 2.02. The smallest absolute Gasteiger partial charge is 0.191 e. The van der Waals surface area contributed by atoms with E-state index in [1.165, 1.54) is 56.5 Å². The summed E-state index contributed by atoms with van der Waals surface area (Å²) in [6.07, 6.45) is 7.46. The molecule has 1 aromatic heterocycles. The minimum absolute atomic E-state index is 0. The lowest BCUT2D eigenvalue weighted by Crippen LogP contribution is -2.45. The molecule has 2 heterocycles. The van der Waals surface area contributed by atoms with Gasteiger partial charge in [0.05, 0.1) is 12.2 Å². The van der Waals surface area contributed by atoms with Gasteiger partial charge in [-0.15, -0.1) is 24.0 Å².